The zero-order chi connectivity index (χ0) is 22.6. The lowest BCUT2D eigenvalue weighted by molar-refractivity contribution is -0.137. The molecule has 1 atom stereocenters. The van der Waals surface area contributed by atoms with Gasteiger partial charge in [0.25, 0.3) is 5.91 Å². The highest BCUT2D eigenvalue weighted by Crippen LogP contribution is 2.30. The maximum atomic E-state index is 12.7. The maximum Gasteiger partial charge on any atom is 0.416 e. The van der Waals surface area contributed by atoms with Crippen molar-refractivity contribution in [2.45, 2.75) is 12.6 Å². The molecule has 1 aliphatic heterocycles. The van der Waals surface area contributed by atoms with Gasteiger partial charge in [0.05, 0.1) is 22.7 Å². The number of carboxylic acid groups (broad SMARTS) is 1. The van der Waals surface area contributed by atoms with Gasteiger partial charge in [-0.25, -0.2) is 4.79 Å². The van der Waals surface area contributed by atoms with Gasteiger partial charge in [0.15, 0.2) is 0 Å². The average molecular weight is 436 g/mol. The number of para-hydroxylation sites is 1. The highest BCUT2D eigenvalue weighted by Gasteiger charge is 2.31. The van der Waals surface area contributed by atoms with Gasteiger partial charge in [-0.2, -0.15) is 13.2 Å². The average Bonchev–Trinajstić information content (AvgIpc) is 3.23. The molecule has 2 aromatic carbocycles. The zero-order valence-electron chi connectivity index (χ0n) is 16.1. The Hall–Kier alpha value is -3.76. The molecule has 3 rings (SSSR count). The number of alkyl halides is 3. The predicted octanol–water partition coefficient (Wildman–Crippen LogP) is 3.21. The fourth-order valence-corrected chi connectivity index (χ4v) is 3.12. The first kappa shape index (κ1) is 21.9. The summed E-state index contributed by atoms with van der Waals surface area (Å²) in [5.74, 6) is -1.72. The summed E-state index contributed by atoms with van der Waals surface area (Å²) >= 11 is 0. The van der Waals surface area contributed by atoms with Crippen molar-refractivity contribution in [2.24, 2.45) is 5.92 Å². The summed E-state index contributed by atoms with van der Waals surface area (Å²) in [6.07, 6.45) is -5.21. The molecule has 0 spiro atoms. The number of benzene rings is 2. The maximum absolute atomic E-state index is 12.7. The third kappa shape index (κ3) is 5.44. The van der Waals surface area contributed by atoms with Gasteiger partial charge in [0, 0.05) is 18.8 Å². The number of nitrogens with one attached hydrogen (secondary N) is 3. The number of halogens is 3. The Labute approximate surface area is 175 Å². The van der Waals surface area contributed by atoms with E-state index in [2.05, 4.69) is 16.2 Å². The first-order valence-electron chi connectivity index (χ1n) is 9.26. The number of rotatable bonds is 4. The van der Waals surface area contributed by atoms with Crippen molar-refractivity contribution in [3.63, 3.8) is 0 Å². The number of carbonyl (C=O) groups excluding carboxylic acids is 2. The summed E-state index contributed by atoms with van der Waals surface area (Å²) in [5.41, 5.74) is 4.60. The van der Waals surface area contributed by atoms with Gasteiger partial charge in [-0.1, -0.05) is 12.1 Å². The van der Waals surface area contributed by atoms with E-state index in [-0.39, 0.29) is 18.7 Å². The zero-order valence-corrected chi connectivity index (χ0v) is 16.1. The second kappa shape index (κ2) is 8.94. The van der Waals surface area contributed by atoms with Crippen molar-refractivity contribution in [3.8, 4) is 0 Å². The molecule has 1 saturated heterocycles. The minimum absolute atomic E-state index is 0.0447. The van der Waals surface area contributed by atoms with Crippen molar-refractivity contribution in [1.29, 1.82) is 0 Å². The van der Waals surface area contributed by atoms with Gasteiger partial charge in [-0.3, -0.25) is 20.4 Å². The molecular weight excluding hydrogens is 417 g/mol. The van der Waals surface area contributed by atoms with Gasteiger partial charge in [-0.05, 0) is 42.8 Å². The molecule has 164 valence electrons. The van der Waals surface area contributed by atoms with Gasteiger partial charge in [0.1, 0.15) is 0 Å². The van der Waals surface area contributed by atoms with E-state index in [4.69, 9.17) is 5.11 Å². The van der Waals surface area contributed by atoms with E-state index in [1.54, 1.807) is 18.2 Å². The van der Waals surface area contributed by atoms with Crippen molar-refractivity contribution in [2.75, 3.05) is 18.4 Å². The molecule has 8 nitrogen and oxygen atoms in total. The van der Waals surface area contributed by atoms with Crippen LogP contribution in [0.1, 0.15) is 22.3 Å². The molecule has 4 N–H and O–H groups in total. The Morgan fingerprint density at radius 3 is 2.29 bits per heavy atom. The van der Waals surface area contributed by atoms with E-state index < -0.39 is 35.6 Å². The minimum Gasteiger partial charge on any atom is -0.465 e. The summed E-state index contributed by atoms with van der Waals surface area (Å²) in [6.45, 7) is 0.282. The Bertz CT molecular complexity index is 979. The van der Waals surface area contributed by atoms with Crippen LogP contribution < -0.4 is 16.2 Å². The van der Waals surface area contributed by atoms with E-state index in [0.29, 0.717) is 17.8 Å². The number of hydrogen-bond acceptors (Lipinski definition) is 4. The molecule has 0 radical (unpaired) electrons. The summed E-state index contributed by atoms with van der Waals surface area (Å²) < 4.78 is 38.1. The predicted molar refractivity (Wildman–Crippen MR) is 104 cm³/mol. The van der Waals surface area contributed by atoms with Crippen LogP contribution in [0.5, 0.6) is 0 Å². The molecule has 31 heavy (non-hydrogen) atoms. The molecule has 0 aromatic heterocycles. The number of hydrazine groups is 1. The summed E-state index contributed by atoms with van der Waals surface area (Å²) in [4.78, 5) is 36.8. The fourth-order valence-electron chi connectivity index (χ4n) is 3.12. The molecule has 3 amide bonds. The Morgan fingerprint density at radius 1 is 1.00 bits per heavy atom. The number of likely N-dealkylation sites (tertiary alicyclic amines) is 1. The van der Waals surface area contributed by atoms with E-state index in [0.717, 1.165) is 17.0 Å². The highest BCUT2D eigenvalue weighted by atomic mass is 19.4. The Balaban J connectivity index is 1.62. The number of anilines is 2. The van der Waals surface area contributed by atoms with Crippen molar-refractivity contribution < 1.29 is 32.7 Å². The molecule has 0 saturated carbocycles. The van der Waals surface area contributed by atoms with Gasteiger partial charge in [-0.15, -0.1) is 0 Å². The van der Waals surface area contributed by atoms with Gasteiger partial charge in [0.2, 0.25) is 5.91 Å². The summed E-state index contributed by atoms with van der Waals surface area (Å²) in [6, 6.07) is 10.6. The van der Waals surface area contributed by atoms with Crippen molar-refractivity contribution in [1.82, 2.24) is 15.8 Å². The molecule has 1 aliphatic rings. The minimum atomic E-state index is -4.45. The smallest absolute Gasteiger partial charge is 0.416 e. The van der Waals surface area contributed by atoms with Crippen molar-refractivity contribution >= 4 is 29.3 Å². The van der Waals surface area contributed by atoms with E-state index in [9.17, 15) is 27.6 Å². The first-order chi connectivity index (χ1) is 14.6. The van der Waals surface area contributed by atoms with Crippen molar-refractivity contribution in [3.05, 3.63) is 59.7 Å². The number of hydrogen-bond donors (Lipinski definition) is 4. The number of carbonyl (C=O) groups is 3. The number of amides is 3. The van der Waals surface area contributed by atoms with Gasteiger partial charge >= 0.3 is 12.3 Å². The van der Waals surface area contributed by atoms with E-state index in [1.807, 2.05) is 0 Å². The van der Waals surface area contributed by atoms with Crippen LogP contribution in [0.15, 0.2) is 48.5 Å². The topological polar surface area (TPSA) is 111 Å². The highest BCUT2D eigenvalue weighted by molar-refractivity contribution is 6.01. The van der Waals surface area contributed by atoms with Gasteiger partial charge < -0.3 is 15.3 Å². The normalized spacial score (nSPS) is 16.0. The lowest BCUT2D eigenvalue weighted by atomic mass is 10.1. The third-order valence-electron chi connectivity index (χ3n) is 4.79. The molecular formula is C20H19F3N4O4. The van der Waals surface area contributed by atoms with E-state index in [1.165, 1.54) is 18.2 Å². The molecule has 0 unspecified atom stereocenters. The molecule has 11 heteroatoms. The molecule has 1 fully saturated rings. The van der Waals surface area contributed by atoms with Crippen LogP contribution in [0.2, 0.25) is 0 Å². The fraction of sp³-hybridized carbons (Fsp3) is 0.250. The van der Waals surface area contributed by atoms with Crippen LogP contribution in [0.4, 0.5) is 29.3 Å². The second-order valence-electron chi connectivity index (χ2n) is 6.90. The lowest BCUT2D eigenvalue weighted by Gasteiger charge is -2.15. The molecule has 0 aliphatic carbocycles. The molecule has 1 heterocycles. The lowest BCUT2D eigenvalue weighted by Crippen LogP contribution is -2.45. The second-order valence-corrected chi connectivity index (χ2v) is 6.90. The van der Waals surface area contributed by atoms with Crippen LogP contribution in [0.3, 0.4) is 0 Å². The first-order valence-corrected chi connectivity index (χ1v) is 9.26. The largest absolute Gasteiger partial charge is 0.465 e. The Morgan fingerprint density at radius 2 is 1.68 bits per heavy atom. The van der Waals surface area contributed by atoms with E-state index >= 15 is 0 Å². The monoisotopic (exact) mass is 436 g/mol. The van der Waals surface area contributed by atoms with Crippen LogP contribution in [0, 0.1) is 5.92 Å². The quantitative estimate of drug-likeness (QED) is 0.550. The van der Waals surface area contributed by atoms with Crippen LogP contribution >= 0.6 is 0 Å². The van der Waals surface area contributed by atoms with Crippen LogP contribution in [-0.2, 0) is 11.0 Å². The van der Waals surface area contributed by atoms with Crippen LogP contribution in [0.25, 0.3) is 0 Å². The third-order valence-corrected chi connectivity index (χ3v) is 4.79. The molecule has 0 bridgehead atoms. The number of nitrogens with zero attached hydrogens (tertiary/aromatic N) is 1. The van der Waals surface area contributed by atoms with Crippen LogP contribution in [-0.4, -0.2) is 41.0 Å². The Kier molecular flexibility index (Phi) is 6.33. The summed E-state index contributed by atoms with van der Waals surface area (Å²) in [5, 5.41) is 11.8. The SMILES string of the molecule is O=C(NNC(=O)[C@H]1CCN(C(=O)O)C1)c1ccccc1Nc1ccc(C(F)(F)F)cc1. The standard InChI is InChI=1S/C20H19F3N4O4/c21-20(22,23)13-5-7-14(8-6-13)24-16-4-2-1-3-15(16)18(29)26-25-17(28)12-9-10-27(11-12)19(30)31/h1-8,12,24H,9-11H2,(H,25,28)(H,26,29)(H,30,31)/t12-/m0/s1. The molecule has 2 aromatic rings. The summed E-state index contributed by atoms with van der Waals surface area (Å²) in [7, 11) is 0.